The highest BCUT2D eigenvalue weighted by atomic mass is 19.2. The van der Waals surface area contributed by atoms with Crippen LogP contribution < -0.4 is 10.1 Å². The van der Waals surface area contributed by atoms with Gasteiger partial charge in [-0.05, 0) is 19.1 Å². The van der Waals surface area contributed by atoms with Gasteiger partial charge < -0.3 is 10.1 Å². The highest BCUT2D eigenvalue weighted by Gasteiger charge is 2.16. The third kappa shape index (κ3) is 3.92. The van der Waals surface area contributed by atoms with E-state index in [2.05, 4.69) is 20.3 Å². The Morgan fingerprint density at radius 1 is 1.20 bits per heavy atom. The highest BCUT2D eigenvalue weighted by molar-refractivity contribution is 6.02. The van der Waals surface area contributed by atoms with Crippen molar-refractivity contribution in [2.75, 3.05) is 5.32 Å². The van der Waals surface area contributed by atoms with E-state index in [4.69, 9.17) is 4.74 Å². The van der Waals surface area contributed by atoms with Gasteiger partial charge in [0.2, 0.25) is 5.82 Å². The SMILES string of the molecule is Cc1cccc(C(=O)Nc2cc(F)c(F)c(Oc3cncnc3)c2)n1.[HH]. The number of nitrogens with one attached hydrogen (secondary N) is 1. The maximum atomic E-state index is 13.9. The molecule has 0 radical (unpaired) electrons. The lowest BCUT2D eigenvalue weighted by Gasteiger charge is -2.10. The summed E-state index contributed by atoms with van der Waals surface area (Å²) in [5.41, 5.74) is 0.841. The van der Waals surface area contributed by atoms with Gasteiger partial charge in [0, 0.05) is 24.9 Å². The smallest absolute Gasteiger partial charge is 0.274 e. The van der Waals surface area contributed by atoms with Crippen molar-refractivity contribution in [2.24, 2.45) is 0 Å². The molecule has 0 aliphatic rings. The van der Waals surface area contributed by atoms with Crippen molar-refractivity contribution < 1.29 is 19.7 Å². The Bertz CT molecular complexity index is 926. The minimum atomic E-state index is -1.18. The quantitative estimate of drug-likeness (QED) is 0.780. The van der Waals surface area contributed by atoms with Crippen LogP contribution in [0.5, 0.6) is 11.5 Å². The van der Waals surface area contributed by atoms with Crippen LogP contribution in [0.4, 0.5) is 14.5 Å². The molecule has 0 aliphatic carbocycles. The summed E-state index contributed by atoms with van der Waals surface area (Å²) in [4.78, 5) is 23.7. The number of ether oxygens (including phenoxy) is 1. The van der Waals surface area contributed by atoms with Crippen molar-refractivity contribution in [1.82, 2.24) is 15.0 Å². The molecule has 0 unspecified atom stereocenters. The zero-order valence-electron chi connectivity index (χ0n) is 13.0. The molecule has 0 spiro atoms. The van der Waals surface area contributed by atoms with Gasteiger partial charge in [0.05, 0.1) is 12.4 Å². The first kappa shape index (κ1) is 16.4. The molecular formula is C17H14F2N4O2. The number of rotatable bonds is 4. The predicted molar refractivity (Wildman–Crippen MR) is 87.5 cm³/mol. The first-order valence-electron chi connectivity index (χ1n) is 7.20. The fraction of sp³-hybridized carbons (Fsp3) is 0.0588. The number of hydrogen-bond donors (Lipinski definition) is 1. The lowest BCUT2D eigenvalue weighted by atomic mass is 10.2. The summed E-state index contributed by atoms with van der Waals surface area (Å²) in [7, 11) is 0. The number of anilines is 1. The van der Waals surface area contributed by atoms with Gasteiger partial charge in [-0.3, -0.25) is 4.79 Å². The zero-order valence-corrected chi connectivity index (χ0v) is 13.0. The van der Waals surface area contributed by atoms with E-state index in [1.54, 1.807) is 19.1 Å². The number of hydrogen-bond acceptors (Lipinski definition) is 5. The molecule has 25 heavy (non-hydrogen) atoms. The van der Waals surface area contributed by atoms with Gasteiger partial charge in [-0.2, -0.15) is 4.39 Å². The highest BCUT2D eigenvalue weighted by Crippen LogP contribution is 2.29. The van der Waals surface area contributed by atoms with Crippen molar-refractivity contribution in [1.29, 1.82) is 0 Å². The van der Waals surface area contributed by atoms with Crippen molar-refractivity contribution in [3.05, 3.63) is 72.1 Å². The van der Waals surface area contributed by atoms with E-state index in [1.165, 1.54) is 30.9 Å². The largest absolute Gasteiger partial charge is 0.451 e. The zero-order chi connectivity index (χ0) is 17.8. The minimum Gasteiger partial charge on any atom is -0.451 e. The molecule has 1 amide bonds. The lowest BCUT2D eigenvalue weighted by Crippen LogP contribution is -2.14. The lowest BCUT2D eigenvalue weighted by molar-refractivity contribution is 0.102. The first-order chi connectivity index (χ1) is 12.0. The van der Waals surface area contributed by atoms with Crippen LogP contribution >= 0.6 is 0 Å². The molecule has 0 saturated heterocycles. The van der Waals surface area contributed by atoms with Crippen LogP contribution in [-0.4, -0.2) is 20.9 Å². The Kier molecular flexibility index (Phi) is 4.60. The normalized spacial score (nSPS) is 10.4. The summed E-state index contributed by atoms with van der Waals surface area (Å²) in [6.07, 6.45) is 3.87. The van der Waals surface area contributed by atoms with Gasteiger partial charge in [0.25, 0.3) is 5.91 Å². The number of aromatic nitrogens is 3. The van der Waals surface area contributed by atoms with Crippen molar-refractivity contribution in [3.63, 3.8) is 0 Å². The molecule has 128 valence electrons. The van der Waals surface area contributed by atoms with E-state index in [-0.39, 0.29) is 18.6 Å². The number of nitrogens with zero attached hydrogens (tertiary/aromatic N) is 3. The van der Waals surface area contributed by atoms with Crippen LogP contribution in [0.15, 0.2) is 49.1 Å². The van der Waals surface area contributed by atoms with Crippen molar-refractivity contribution in [3.8, 4) is 11.5 Å². The summed E-state index contributed by atoms with van der Waals surface area (Å²) in [6.45, 7) is 1.74. The summed E-state index contributed by atoms with van der Waals surface area (Å²) in [5.74, 6) is -3.17. The molecule has 6 nitrogen and oxygen atoms in total. The molecule has 0 atom stereocenters. The number of pyridine rings is 1. The summed E-state index contributed by atoms with van der Waals surface area (Å²) >= 11 is 0. The van der Waals surface area contributed by atoms with Gasteiger partial charge in [0.15, 0.2) is 17.3 Å². The molecule has 8 heteroatoms. The number of halogens is 2. The standard InChI is InChI=1S/C17H12F2N4O2.H2/c1-10-3-2-4-14(22-10)17(24)23-11-5-13(18)16(19)15(6-11)25-12-7-20-9-21-8-12;/h2-9H,1H3,(H,23,24);1H. The second kappa shape index (κ2) is 7.00. The van der Waals surface area contributed by atoms with Crippen LogP contribution in [-0.2, 0) is 0 Å². The Labute approximate surface area is 143 Å². The van der Waals surface area contributed by atoms with Gasteiger partial charge >= 0.3 is 0 Å². The van der Waals surface area contributed by atoms with Gasteiger partial charge in [-0.15, -0.1) is 0 Å². The van der Waals surface area contributed by atoms with Crippen LogP contribution in [0.25, 0.3) is 0 Å². The second-order valence-electron chi connectivity index (χ2n) is 5.06. The van der Waals surface area contributed by atoms with Crippen LogP contribution in [0.3, 0.4) is 0 Å². The third-order valence-corrected chi connectivity index (χ3v) is 3.14. The molecule has 3 rings (SSSR count). The molecule has 2 aromatic heterocycles. The summed E-state index contributed by atoms with van der Waals surface area (Å²) in [5, 5.41) is 2.46. The molecule has 2 heterocycles. The van der Waals surface area contributed by atoms with Gasteiger partial charge in [0.1, 0.15) is 12.0 Å². The second-order valence-corrected chi connectivity index (χ2v) is 5.06. The maximum Gasteiger partial charge on any atom is 0.274 e. The van der Waals surface area contributed by atoms with E-state index >= 15 is 0 Å². The van der Waals surface area contributed by atoms with E-state index < -0.39 is 23.3 Å². The number of amides is 1. The molecule has 1 aromatic carbocycles. The monoisotopic (exact) mass is 344 g/mol. The Morgan fingerprint density at radius 3 is 2.68 bits per heavy atom. The topological polar surface area (TPSA) is 77.0 Å². The van der Waals surface area contributed by atoms with Gasteiger partial charge in [-0.25, -0.2) is 19.3 Å². The molecule has 1 N–H and O–H groups in total. The Morgan fingerprint density at radius 2 is 1.96 bits per heavy atom. The van der Waals surface area contributed by atoms with Crippen LogP contribution in [0.1, 0.15) is 17.6 Å². The number of aryl methyl sites for hydroxylation is 1. The van der Waals surface area contributed by atoms with Crippen molar-refractivity contribution in [2.45, 2.75) is 6.92 Å². The number of benzene rings is 1. The Hall–Kier alpha value is -3.42. The Balaban J connectivity index is 0.00000243. The first-order valence-corrected chi connectivity index (χ1v) is 7.20. The molecule has 0 saturated carbocycles. The summed E-state index contributed by atoms with van der Waals surface area (Å²) < 4.78 is 33.0. The van der Waals surface area contributed by atoms with E-state index in [9.17, 15) is 13.6 Å². The number of carbonyl (C=O) groups excluding carboxylic acids is 1. The van der Waals surface area contributed by atoms with Gasteiger partial charge in [-0.1, -0.05) is 6.07 Å². The van der Waals surface area contributed by atoms with E-state index in [0.717, 1.165) is 6.07 Å². The van der Waals surface area contributed by atoms with Crippen LogP contribution in [0, 0.1) is 18.6 Å². The summed E-state index contributed by atoms with van der Waals surface area (Å²) in [6, 6.07) is 6.95. The molecule has 3 aromatic rings. The van der Waals surface area contributed by atoms with Crippen molar-refractivity contribution >= 4 is 11.6 Å². The fourth-order valence-corrected chi connectivity index (χ4v) is 2.04. The average Bonchev–Trinajstić information content (AvgIpc) is 2.60. The fourth-order valence-electron chi connectivity index (χ4n) is 2.04. The average molecular weight is 344 g/mol. The molecular weight excluding hydrogens is 330 g/mol. The third-order valence-electron chi connectivity index (χ3n) is 3.14. The maximum absolute atomic E-state index is 13.9. The molecule has 0 fully saturated rings. The van der Waals surface area contributed by atoms with E-state index in [1.807, 2.05) is 0 Å². The molecule has 0 bridgehead atoms. The molecule has 0 aliphatic heterocycles. The van der Waals surface area contributed by atoms with E-state index in [0.29, 0.717) is 5.69 Å². The predicted octanol–water partition coefficient (Wildman–Crippen LogP) is 3.75. The minimum absolute atomic E-state index is 0. The van der Waals surface area contributed by atoms with Crippen LogP contribution in [0.2, 0.25) is 0 Å². The number of carbonyl (C=O) groups is 1.